The van der Waals surface area contributed by atoms with E-state index in [-0.39, 0.29) is 5.78 Å². The average Bonchev–Trinajstić information content (AvgIpc) is 2.98. The minimum atomic E-state index is -0.292. The third-order valence-corrected chi connectivity index (χ3v) is 7.31. The van der Waals surface area contributed by atoms with Gasteiger partial charge in [-0.25, -0.2) is 0 Å². The normalized spacial score (nSPS) is 11.0. The smallest absolute Gasteiger partial charge is 0.204 e. The zero-order valence-electron chi connectivity index (χ0n) is 23.7. The lowest BCUT2D eigenvalue weighted by Gasteiger charge is -2.15. The molecule has 0 aliphatic carbocycles. The van der Waals surface area contributed by atoms with E-state index in [1.165, 1.54) is 33.6 Å². The lowest BCUT2D eigenvalue weighted by Crippen LogP contribution is -2.03. The Morgan fingerprint density at radius 1 is 0.634 bits per heavy atom. The van der Waals surface area contributed by atoms with Crippen LogP contribution in [0.5, 0.6) is 40.2 Å². The summed E-state index contributed by atoms with van der Waals surface area (Å²) >= 11 is 7.02. The van der Waals surface area contributed by atoms with Crippen molar-refractivity contribution in [3.63, 3.8) is 0 Å². The second-order valence-electron chi connectivity index (χ2n) is 8.22. The van der Waals surface area contributed by atoms with Crippen molar-refractivity contribution in [2.24, 2.45) is 0 Å². The number of ketones is 1. The monoisotopic (exact) mass is 691 g/mol. The van der Waals surface area contributed by atoms with Gasteiger partial charge >= 0.3 is 0 Å². The van der Waals surface area contributed by atoms with Crippen molar-refractivity contribution in [2.75, 3.05) is 55.1 Å². The molecule has 9 nitrogen and oxygen atoms in total. The molecule has 1 N–H and O–H groups in total. The zero-order chi connectivity index (χ0) is 30.1. The van der Waals surface area contributed by atoms with Crippen LogP contribution in [0.4, 0.5) is 5.69 Å². The number of rotatable bonds is 13. The number of hydrogen-bond donors (Lipinski definition) is 1. The Morgan fingerprint density at radius 2 is 1.15 bits per heavy atom. The highest BCUT2D eigenvalue weighted by Gasteiger charge is 2.22. The molecule has 0 unspecified atom stereocenters. The van der Waals surface area contributed by atoms with Gasteiger partial charge in [-0.2, -0.15) is 0 Å². The van der Waals surface area contributed by atoms with E-state index in [4.69, 9.17) is 33.2 Å². The Bertz CT molecular complexity index is 1440. The van der Waals surface area contributed by atoms with Crippen LogP contribution in [0.15, 0.2) is 51.6 Å². The molecule has 11 heteroatoms. The molecule has 41 heavy (non-hydrogen) atoms. The van der Waals surface area contributed by atoms with Gasteiger partial charge in [-0.15, -0.1) is 0 Å². The van der Waals surface area contributed by atoms with Gasteiger partial charge in [0.15, 0.2) is 34.5 Å². The summed E-state index contributed by atoms with van der Waals surface area (Å²) < 4.78 is 39.2. The molecule has 0 heterocycles. The molecule has 0 aromatic heterocycles. The van der Waals surface area contributed by atoms with E-state index < -0.39 is 0 Å². The van der Waals surface area contributed by atoms with Gasteiger partial charge in [-0.3, -0.25) is 4.79 Å². The molecular formula is C30H31Br2NO8. The molecule has 0 bridgehead atoms. The predicted octanol–water partition coefficient (Wildman–Crippen LogP) is 7.25. The van der Waals surface area contributed by atoms with Crippen molar-refractivity contribution >= 4 is 55.5 Å². The number of hydrogen-bond acceptors (Lipinski definition) is 9. The fraction of sp³-hybridized carbons (Fsp3) is 0.233. The van der Waals surface area contributed by atoms with E-state index in [2.05, 4.69) is 37.2 Å². The summed E-state index contributed by atoms with van der Waals surface area (Å²) in [5.74, 6) is 3.01. The van der Waals surface area contributed by atoms with Crippen molar-refractivity contribution in [1.82, 2.24) is 0 Å². The molecule has 3 rings (SSSR count). The van der Waals surface area contributed by atoms with Crippen molar-refractivity contribution in [3.8, 4) is 40.2 Å². The van der Waals surface area contributed by atoms with Gasteiger partial charge in [-0.05, 0) is 73.3 Å². The number of methoxy groups -OCH3 is 7. The van der Waals surface area contributed by atoms with Crippen molar-refractivity contribution < 1.29 is 38.0 Å². The summed E-state index contributed by atoms with van der Waals surface area (Å²) in [5, 5.41) is 3.15. The maximum atomic E-state index is 13.1. The van der Waals surface area contributed by atoms with Crippen LogP contribution in [-0.4, -0.2) is 55.6 Å². The minimum absolute atomic E-state index is 0.292. The van der Waals surface area contributed by atoms with Crippen LogP contribution in [-0.2, 0) is 0 Å². The molecule has 0 aliphatic heterocycles. The van der Waals surface area contributed by atoms with Gasteiger partial charge in [0.25, 0.3) is 0 Å². The molecule has 218 valence electrons. The number of anilines is 1. The van der Waals surface area contributed by atoms with E-state index >= 15 is 0 Å². The average molecular weight is 693 g/mol. The van der Waals surface area contributed by atoms with Crippen molar-refractivity contribution in [3.05, 3.63) is 68.2 Å². The third kappa shape index (κ3) is 7.09. The largest absolute Gasteiger partial charge is 0.493 e. The van der Waals surface area contributed by atoms with Crippen LogP contribution in [0.25, 0.3) is 12.2 Å². The maximum Gasteiger partial charge on any atom is 0.204 e. The molecule has 0 saturated heterocycles. The number of carbonyl (C=O) groups excluding carboxylic acids is 1. The first-order valence-electron chi connectivity index (χ1n) is 12.1. The van der Waals surface area contributed by atoms with Crippen LogP contribution in [0.1, 0.15) is 21.5 Å². The molecule has 0 amide bonds. The van der Waals surface area contributed by atoms with Gasteiger partial charge in [0.05, 0.1) is 64.4 Å². The molecule has 0 atom stereocenters. The molecule has 0 radical (unpaired) electrons. The third-order valence-electron chi connectivity index (χ3n) is 5.93. The number of nitrogens with one attached hydrogen (secondary N) is 1. The Morgan fingerprint density at radius 3 is 1.66 bits per heavy atom. The van der Waals surface area contributed by atoms with Crippen LogP contribution < -0.4 is 38.5 Å². The van der Waals surface area contributed by atoms with Crippen LogP contribution >= 0.6 is 31.9 Å². The van der Waals surface area contributed by atoms with Gasteiger partial charge < -0.3 is 38.5 Å². The molecular weight excluding hydrogens is 662 g/mol. The van der Waals surface area contributed by atoms with Crippen LogP contribution in [0, 0.1) is 0 Å². The summed E-state index contributed by atoms with van der Waals surface area (Å²) in [7, 11) is 10.7. The van der Waals surface area contributed by atoms with E-state index in [1.54, 1.807) is 34.5 Å². The zero-order valence-corrected chi connectivity index (χ0v) is 26.9. The number of ether oxygens (including phenoxy) is 7. The molecule has 0 saturated carbocycles. The Balaban J connectivity index is 1.90. The molecule has 3 aromatic rings. The number of carbonyl (C=O) groups is 1. The second kappa shape index (κ2) is 14.7. The number of halogens is 2. The predicted molar refractivity (Wildman–Crippen MR) is 167 cm³/mol. The van der Waals surface area contributed by atoms with E-state index in [0.29, 0.717) is 56.0 Å². The van der Waals surface area contributed by atoms with Crippen LogP contribution in [0.3, 0.4) is 0 Å². The highest BCUT2D eigenvalue weighted by molar-refractivity contribution is 9.11. The Hall–Kier alpha value is -3.83. The first-order valence-corrected chi connectivity index (χ1v) is 13.7. The van der Waals surface area contributed by atoms with Gasteiger partial charge in [0, 0.05) is 17.8 Å². The highest BCUT2D eigenvalue weighted by atomic mass is 79.9. The van der Waals surface area contributed by atoms with Gasteiger partial charge in [0.1, 0.15) is 0 Å². The maximum absolute atomic E-state index is 13.1. The van der Waals surface area contributed by atoms with Gasteiger partial charge in [0.2, 0.25) is 11.5 Å². The summed E-state index contributed by atoms with van der Waals surface area (Å²) in [6.45, 7) is 0. The first-order chi connectivity index (χ1) is 19.8. The molecule has 0 fully saturated rings. The molecule has 0 spiro atoms. The van der Waals surface area contributed by atoms with Crippen molar-refractivity contribution in [1.29, 1.82) is 0 Å². The summed E-state index contributed by atoms with van der Waals surface area (Å²) in [5.41, 5.74) is 2.69. The quantitative estimate of drug-likeness (QED) is 0.113. The van der Waals surface area contributed by atoms with Gasteiger partial charge in [-0.1, -0.05) is 12.2 Å². The second-order valence-corrected chi connectivity index (χ2v) is 9.87. The van der Waals surface area contributed by atoms with E-state index in [0.717, 1.165) is 15.6 Å². The number of allylic oxidation sites excluding steroid dienone is 1. The van der Waals surface area contributed by atoms with E-state index in [9.17, 15) is 4.79 Å². The lowest BCUT2D eigenvalue weighted by molar-refractivity contribution is 0.104. The van der Waals surface area contributed by atoms with Crippen molar-refractivity contribution in [2.45, 2.75) is 0 Å². The first kappa shape index (κ1) is 31.7. The molecule has 0 aliphatic rings. The highest BCUT2D eigenvalue weighted by Crippen LogP contribution is 2.45. The SMILES string of the molecule is COc1cc(C=Cc2cc(Br)c(OC)c(NC=CC(=O)c3cc(OC)c(OC)c(OC)c3Br)c2)cc(OC)c1OC. The summed E-state index contributed by atoms with van der Waals surface area (Å²) in [4.78, 5) is 13.1. The topological polar surface area (TPSA) is 93.7 Å². The van der Waals surface area contributed by atoms with Crippen LogP contribution in [0.2, 0.25) is 0 Å². The lowest BCUT2D eigenvalue weighted by atomic mass is 10.1. The summed E-state index contributed by atoms with van der Waals surface area (Å²) in [6, 6.07) is 9.10. The number of benzene rings is 3. The fourth-order valence-corrected chi connectivity index (χ4v) is 5.30. The minimum Gasteiger partial charge on any atom is -0.493 e. The summed E-state index contributed by atoms with van der Waals surface area (Å²) in [6.07, 6.45) is 6.79. The Kier molecular flexibility index (Phi) is 11.4. The fourth-order valence-electron chi connectivity index (χ4n) is 4.01. The Labute approximate surface area is 256 Å². The van der Waals surface area contributed by atoms with E-state index in [1.807, 2.05) is 36.4 Å². The molecule has 3 aromatic carbocycles. The standard InChI is InChI=1S/C30H31Br2NO8/c1-35-23-14-18(15-24(36-2)28(23)39-5)9-8-17-12-20(31)27(38-4)21(13-17)33-11-10-22(34)19-16-25(37-3)29(40-6)30(41-7)26(19)32/h8-16,33H,1-7H3.